The third-order valence-corrected chi connectivity index (χ3v) is 2.32. The van der Waals surface area contributed by atoms with Gasteiger partial charge in [-0.2, -0.15) is 0 Å². The van der Waals surface area contributed by atoms with E-state index in [1.807, 2.05) is 0 Å². The number of furan rings is 1. The van der Waals surface area contributed by atoms with Gasteiger partial charge in [0.15, 0.2) is 11.5 Å². The van der Waals surface area contributed by atoms with E-state index in [1.165, 1.54) is 13.0 Å². The van der Waals surface area contributed by atoms with Crippen LogP contribution in [0.2, 0.25) is 0 Å². The highest BCUT2D eigenvalue weighted by atomic mass is 35.7. The molecule has 0 bridgehead atoms. The first-order chi connectivity index (χ1) is 5.41. The third-order valence-electron chi connectivity index (χ3n) is 1.17. The van der Waals surface area contributed by atoms with Crippen molar-refractivity contribution in [3.8, 4) is 0 Å². The summed E-state index contributed by atoms with van der Waals surface area (Å²) >= 11 is 0. The second-order valence-electron chi connectivity index (χ2n) is 2.11. The van der Waals surface area contributed by atoms with E-state index in [-0.39, 0.29) is 11.5 Å². The van der Waals surface area contributed by atoms with Crippen LogP contribution in [0.3, 0.4) is 0 Å². The van der Waals surface area contributed by atoms with Gasteiger partial charge in [-0.1, -0.05) is 0 Å². The van der Waals surface area contributed by atoms with Gasteiger partial charge in [0, 0.05) is 17.6 Å². The van der Waals surface area contributed by atoms with Gasteiger partial charge in [-0.15, -0.1) is 0 Å². The lowest BCUT2D eigenvalue weighted by Gasteiger charge is -1.87. The molecule has 0 saturated heterocycles. The fourth-order valence-corrected chi connectivity index (χ4v) is 1.31. The summed E-state index contributed by atoms with van der Waals surface area (Å²) < 4.78 is 25.9. The van der Waals surface area contributed by atoms with Crippen LogP contribution in [0.25, 0.3) is 0 Å². The Morgan fingerprint density at radius 3 is 2.33 bits per heavy atom. The SMILES string of the molecule is CC(=O)c1ccc(S(=O)(=O)Cl)o1. The quantitative estimate of drug-likeness (QED) is 0.545. The van der Waals surface area contributed by atoms with Crippen LogP contribution in [0, 0.1) is 0 Å². The van der Waals surface area contributed by atoms with E-state index in [4.69, 9.17) is 10.7 Å². The maximum atomic E-state index is 10.7. The lowest BCUT2D eigenvalue weighted by Crippen LogP contribution is -1.89. The van der Waals surface area contributed by atoms with Crippen LogP contribution in [0.1, 0.15) is 17.5 Å². The minimum Gasteiger partial charge on any atom is -0.440 e. The summed E-state index contributed by atoms with van der Waals surface area (Å²) in [6.07, 6.45) is 0. The minimum atomic E-state index is -3.86. The maximum Gasteiger partial charge on any atom is 0.294 e. The average Bonchev–Trinajstić information content (AvgIpc) is 2.30. The number of hydrogen-bond acceptors (Lipinski definition) is 4. The first-order valence-electron chi connectivity index (χ1n) is 2.96. The lowest BCUT2D eigenvalue weighted by atomic mass is 10.3. The lowest BCUT2D eigenvalue weighted by molar-refractivity contribution is 0.0982. The average molecular weight is 209 g/mol. The summed E-state index contributed by atoms with van der Waals surface area (Å²) in [4.78, 5) is 10.7. The molecule has 0 aliphatic heterocycles. The standard InChI is InChI=1S/C6H5ClO4S/c1-4(8)5-2-3-6(11-5)12(7,9)10/h2-3H,1H3. The predicted octanol–water partition coefficient (Wildman–Crippen LogP) is 1.41. The Hall–Kier alpha value is -0.810. The number of ketones is 1. The molecule has 1 aromatic rings. The van der Waals surface area contributed by atoms with Gasteiger partial charge in [0.25, 0.3) is 9.05 Å². The first-order valence-corrected chi connectivity index (χ1v) is 5.27. The summed E-state index contributed by atoms with van der Waals surface area (Å²) in [5, 5.41) is -0.408. The number of hydrogen-bond donors (Lipinski definition) is 0. The fourth-order valence-electron chi connectivity index (χ4n) is 0.640. The zero-order valence-electron chi connectivity index (χ0n) is 6.07. The van der Waals surface area contributed by atoms with Crippen LogP contribution in [0.15, 0.2) is 21.6 Å². The molecule has 66 valence electrons. The molecule has 0 saturated carbocycles. The Bertz CT molecular complexity index is 403. The van der Waals surface area contributed by atoms with Crippen molar-refractivity contribution in [1.82, 2.24) is 0 Å². The molecule has 0 aliphatic carbocycles. The Kier molecular flexibility index (Phi) is 2.25. The topological polar surface area (TPSA) is 64.3 Å². The van der Waals surface area contributed by atoms with Crippen molar-refractivity contribution in [1.29, 1.82) is 0 Å². The van der Waals surface area contributed by atoms with E-state index in [0.717, 1.165) is 6.07 Å². The van der Waals surface area contributed by atoms with Crippen molar-refractivity contribution < 1.29 is 17.6 Å². The van der Waals surface area contributed by atoms with Gasteiger partial charge in [0.2, 0.25) is 5.09 Å². The number of carbonyl (C=O) groups is 1. The van der Waals surface area contributed by atoms with E-state index < -0.39 is 14.1 Å². The molecule has 0 amide bonds. The number of rotatable bonds is 2. The number of Topliss-reactive ketones (excluding diaryl/α,β-unsaturated/α-hetero) is 1. The van der Waals surface area contributed by atoms with Gasteiger partial charge in [0.05, 0.1) is 0 Å². The summed E-state index contributed by atoms with van der Waals surface area (Å²) in [6, 6.07) is 2.40. The van der Waals surface area contributed by atoms with E-state index in [1.54, 1.807) is 0 Å². The maximum absolute atomic E-state index is 10.7. The highest BCUT2D eigenvalue weighted by molar-refractivity contribution is 8.13. The highest BCUT2D eigenvalue weighted by Crippen LogP contribution is 2.17. The molecule has 0 fully saturated rings. The monoisotopic (exact) mass is 208 g/mol. The van der Waals surface area contributed by atoms with Gasteiger partial charge in [-0.25, -0.2) is 8.42 Å². The Morgan fingerprint density at radius 2 is 2.08 bits per heavy atom. The van der Waals surface area contributed by atoms with Crippen molar-refractivity contribution in [2.75, 3.05) is 0 Å². The van der Waals surface area contributed by atoms with Crippen LogP contribution >= 0.6 is 10.7 Å². The van der Waals surface area contributed by atoms with Crippen molar-refractivity contribution in [3.63, 3.8) is 0 Å². The van der Waals surface area contributed by atoms with E-state index in [2.05, 4.69) is 4.42 Å². The molecule has 0 aromatic carbocycles. The van der Waals surface area contributed by atoms with Crippen molar-refractivity contribution in [2.45, 2.75) is 12.0 Å². The molecule has 0 unspecified atom stereocenters. The second-order valence-corrected chi connectivity index (χ2v) is 4.61. The van der Waals surface area contributed by atoms with Crippen LogP contribution in [-0.2, 0) is 9.05 Å². The molecule has 0 atom stereocenters. The minimum absolute atomic E-state index is 0.0192. The predicted molar refractivity (Wildman–Crippen MR) is 41.8 cm³/mol. The third kappa shape index (κ3) is 1.86. The normalized spacial score (nSPS) is 11.5. The molecule has 12 heavy (non-hydrogen) atoms. The Labute approximate surface area is 73.5 Å². The number of halogens is 1. The van der Waals surface area contributed by atoms with E-state index >= 15 is 0 Å². The Morgan fingerprint density at radius 1 is 1.50 bits per heavy atom. The zero-order chi connectivity index (χ0) is 9.35. The van der Waals surface area contributed by atoms with Gasteiger partial charge in [0.1, 0.15) is 0 Å². The van der Waals surface area contributed by atoms with Crippen LogP contribution in [0.4, 0.5) is 0 Å². The molecule has 4 nitrogen and oxygen atoms in total. The molecular weight excluding hydrogens is 204 g/mol. The van der Waals surface area contributed by atoms with Crippen LogP contribution < -0.4 is 0 Å². The molecule has 1 heterocycles. The van der Waals surface area contributed by atoms with Gasteiger partial charge in [-0.3, -0.25) is 4.79 Å². The molecule has 1 rings (SSSR count). The van der Waals surface area contributed by atoms with Crippen molar-refractivity contribution in [2.24, 2.45) is 0 Å². The fraction of sp³-hybridized carbons (Fsp3) is 0.167. The van der Waals surface area contributed by atoms with Crippen molar-refractivity contribution >= 4 is 25.5 Å². The zero-order valence-corrected chi connectivity index (χ0v) is 7.65. The second kappa shape index (κ2) is 2.91. The molecule has 6 heteroatoms. The molecule has 0 radical (unpaired) electrons. The van der Waals surface area contributed by atoms with Crippen LogP contribution in [-0.4, -0.2) is 14.2 Å². The smallest absolute Gasteiger partial charge is 0.294 e. The summed E-state index contributed by atoms with van der Waals surface area (Å²) in [6.45, 7) is 1.27. The summed E-state index contributed by atoms with van der Waals surface area (Å²) in [5.41, 5.74) is 0. The van der Waals surface area contributed by atoms with Gasteiger partial charge < -0.3 is 4.42 Å². The molecule has 0 N–H and O–H groups in total. The molecule has 0 aliphatic rings. The largest absolute Gasteiger partial charge is 0.440 e. The van der Waals surface area contributed by atoms with E-state index in [0.29, 0.717) is 0 Å². The molecule has 1 aromatic heterocycles. The van der Waals surface area contributed by atoms with Gasteiger partial charge >= 0.3 is 0 Å². The first kappa shape index (κ1) is 9.28. The number of carbonyl (C=O) groups excluding carboxylic acids is 1. The van der Waals surface area contributed by atoms with Crippen molar-refractivity contribution in [3.05, 3.63) is 17.9 Å². The molecular formula is C6H5ClO4S. The van der Waals surface area contributed by atoms with Crippen LogP contribution in [0.5, 0.6) is 0 Å². The summed E-state index contributed by atoms with van der Waals surface area (Å²) in [5.74, 6) is -0.365. The molecule has 0 spiro atoms. The highest BCUT2D eigenvalue weighted by Gasteiger charge is 2.16. The van der Waals surface area contributed by atoms with E-state index in [9.17, 15) is 13.2 Å². The summed E-state index contributed by atoms with van der Waals surface area (Å²) in [7, 11) is 1.08. The Balaban J connectivity index is 3.17. The van der Waals surface area contributed by atoms with Gasteiger partial charge in [-0.05, 0) is 12.1 Å².